The van der Waals surface area contributed by atoms with E-state index in [0.29, 0.717) is 0 Å². The number of ether oxygens (including phenoxy) is 1. The van der Waals surface area contributed by atoms with E-state index in [0.717, 1.165) is 4.90 Å². The fraction of sp³-hybridized carbons (Fsp3) is 0.818. The van der Waals surface area contributed by atoms with Crippen molar-refractivity contribution in [2.24, 2.45) is 5.89 Å². The summed E-state index contributed by atoms with van der Waals surface area (Å²) in [6.45, 7) is 3.81. The Balaban J connectivity index is 3.05. The van der Waals surface area contributed by atoms with Gasteiger partial charge in [0.1, 0.15) is 5.60 Å². The molecule has 1 fully saturated rings. The van der Waals surface area contributed by atoms with Crippen LogP contribution in [-0.2, 0) is 4.74 Å². The summed E-state index contributed by atoms with van der Waals surface area (Å²) < 4.78 is 43.9. The number of carbonyl (C=O) groups excluding carboxylic acids is 1. The second-order valence-electron chi connectivity index (χ2n) is 4.18. The Kier molecular flexibility index (Phi) is 1.92. The van der Waals surface area contributed by atoms with Crippen LogP contribution in [0.3, 0.4) is 0 Å². The van der Waals surface area contributed by atoms with E-state index in [1.165, 1.54) is 6.07 Å². The summed E-state index contributed by atoms with van der Waals surface area (Å²) in [5.74, 6) is -2.57. The van der Waals surface area contributed by atoms with Crippen LogP contribution < -0.4 is 0 Å². The van der Waals surface area contributed by atoms with Crippen molar-refractivity contribution in [2.75, 3.05) is 13.1 Å². The molecule has 0 radical (unpaired) electrons. The molecule has 0 atom stereocenters. The lowest BCUT2D eigenvalue weighted by molar-refractivity contribution is 0.0199. The molecule has 0 bridgehead atoms. The molecule has 4 nitrogen and oxygen atoms in total. The van der Waals surface area contributed by atoms with E-state index in [4.69, 9.17) is 16.9 Å². The van der Waals surface area contributed by atoms with Crippen molar-refractivity contribution >= 4 is 6.09 Å². The highest BCUT2D eigenvalue weighted by Gasteiger charge is 2.26. The van der Waals surface area contributed by atoms with Gasteiger partial charge in [-0.05, 0) is 33.5 Å². The van der Waals surface area contributed by atoms with Crippen LogP contribution in [0.15, 0.2) is 0 Å². The molecule has 1 saturated heterocycles. The van der Waals surface area contributed by atoms with E-state index >= 15 is 0 Å². The van der Waals surface area contributed by atoms with Gasteiger partial charge in [-0.1, -0.05) is 0 Å². The van der Waals surface area contributed by atoms with Gasteiger partial charge in [-0.2, -0.15) is 5.26 Å². The lowest BCUT2D eigenvalue weighted by Crippen LogP contribution is -2.41. The number of carbonyl (C=O) groups is 1. The third kappa shape index (κ3) is 3.78. The lowest BCUT2D eigenvalue weighted by atomic mass is 9.99. The van der Waals surface area contributed by atoms with Crippen molar-refractivity contribution in [3.8, 4) is 6.07 Å². The van der Waals surface area contributed by atoms with Gasteiger partial charge in [0.2, 0.25) is 0 Å². The van der Waals surface area contributed by atoms with E-state index in [9.17, 15) is 4.79 Å². The minimum absolute atomic E-state index is 0.557. The maximum absolute atomic E-state index is 11.9. The van der Waals surface area contributed by atoms with Gasteiger partial charge in [0, 0.05) is 25.8 Å². The van der Waals surface area contributed by atoms with E-state index in [2.05, 4.69) is 0 Å². The highest BCUT2D eigenvalue weighted by atomic mass is 16.6. The molecule has 0 aromatic rings. The molecule has 1 aliphatic heterocycles. The standard InChI is InChI=1S/C11H18N2O2/c1-11(2,3)15-10(14)13-6-4-9(8-12)5-7-13/h9H,4-7H2,1-3H3/i4D2,5D2,9D. The van der Waals surface area contributed by atoms with Crippen molar-refractivity contribution in [1.82, 2.24) is 4.90 Å². The fourth-order valence-electron chi connectivity index (χ4n) is 1.00. The molecule has 15 heavy (non-hydrogen) atoms. The number of likely N-dealkylation sites (tertiary alicyclic amines) is 1. The van der Waals surface area contributed by atoms with Gasteiger partial charge >= 0.3 is 6.09 Å². The molecule has 0 unspecified atom stereocenters. The first kappa shape index (κ1) is 6.37. The van der Waals surface area contributed by atoms with E-state index in [1.54, 1.807) is 20.8 Å². The average molecular weight is 215 g/mol. The summed E-state index contributed by atoms with van der Waals surface area (Å²) >= 11 is 0. The molecule has 0 saturated carbocycles. The molecule has 84 valence electrons. The predicted molar refractivity (Wildman–Crippen MR) is 56.1 cm³/mol. The van der Waals surface area contributed by atoms with Gasteiger partial charge in [0.25, 0.3) is 0 Å². The molecule has 4 heteroatoms. The average Bonchev–Trinajstić information content (AvgIpc) is 2.21. The topological polar surface area (TPSA) is 53.3 Å². The molecule has 0 aromatic heterocycles. The highest BCUT2D eigenvalue weighted by Crippen LogP contribution is 2.18. The highest BCUT2D eigenvalue weighted by molar-refractivity contribution is 5.68. The Morgan fingerprint density at radius 1 is 1.60 bits per heavy atom. The molecule has 1 aliphatic rings. The summed E-state index contributed by atoms with van der Waals surface area (Å²) in [7, 11) is 0. The molecule has 0 aromatic carbocycles. The van der Waals surface area contributed by atoms with Crippen molar-refractivity contribution in [3.05, 3.63) is 0 Å². The van der Waals surface area contributed by atoms with Crippen LogP contribution in [0.5, 0.6) is 0 Å². The molecular formula is C11H18N2O2. The summed E-state index contributed by atoms with van der Waals surface area (Å²) in [4.78, 5) is 12.8. The Morgan fingerprint density at radius 2 is 2.13 bits per heavy atom. The van der Waals surface area contributed by atoms with Crippen LogP contribution in [0.2, 0.25) is 0 Å². The van der Waals surface area contributed by atoms with Crippen LogP contribution in [-0.4, -0.2) is 29.7 Å². The zero-order valence-corrected chi connectivity index (χ0v) is 9.13. The SMILES string of the molecule is [2H]C1([2H])CN(C(=O)OC(C)(C)C)CC([2H])([2H])C1([2H])C#N. The maximum Gasteiger partial charge on any atom is 0.410 e. The number of rotatable bonds is 0. The largest absolute Gasteiger partial charge is 0.444 e. The number of nitriles is 1. The van der Waals surface area contributed by atoms with Gasteiger partial charge in [-0.25, -0.2) is 4.79 Å². The van der Waals surface area contributed by atoms with Crippen LogP contribution >= 0.6 is 0 Å². The Morgan fingerprint density at radius 3 is 2.53 bits per heavy atom. The fourth-order valence-corrected chi connectivity index (χ4v) is 1.00. The summed E-state index contributed by atoms with van der Waals surface area (Å²) in [6, 6.07) is 1.41. The molecular weight excluding hydrogens is 192 g/mol. The zero-order chi connectivity index (χ0) is 16.0. The van der Waals surface area contributed by atoms with Crippen molar-refractivity contribution < 1.29 is 16.4 Å². The second kappa shape index (κ2) is 4.52. The number of amides is 1. The first-order valence-electron chi connectivity index (χ1n) is 7.15. The smallest absolute Gasteiger partial charge is 0.410 e. The van der Waals surface area contributed by atoms with Gasteiger partial charge in [0.05, 0.1) is 6.07 Å². The van der Waals surface area contributed by atoms with Crippen LogP contribution in [0.25, 0.3) is 0 Å². The van der Waals surface area contributed by atoms with Gasteiger partial charge < -0.3 is 9.64 Å². The molecule has 1 amide bonds. The number of hydrogen-bond donors (Lipinski definition) is 0. The Bertz CT molecular complexity index is 435. The number of nitrogens with zero attached hydrogens (tertiary/aromatic N) is 2. The minimum atomic E-state index is -2.57. The second-order valence-corrected chi connectivity index (χ2v) is 4.18. The minimum Gasteiger partial charge on any atom is -0.444 e. The summed E-state index contributed by atoms with van der Waals surface area (Å²) in [5.41, 5.74) is -0.790. The van der Waals surface area contributed by atoms with Crippen molar-refractivity contribution in [3.63, 3.8) is 0 Å². The normalized spacial score (nSPS) is 32.1. The van der Waals surface area contributed by atoms with Gasteiger partial charge in [-0.3, -0.25) is 0 Å². The van der Waals surface area contributed by atoms with Gasteiger partial charge in [0.15, 0.2) is 0 Å². The Hall–Kier alpha value is -1.24. The monoisotopic (exact) mass is 215 g/mol. The molecule has 1 rings (SSSR count). The maximum atomic E-state index is 11.9. The van der Waals surface area contributed by atoms with Crippen LogP contribution in [0.1, 0.15) is 40.4 Å². The quantitative estimate of drug-likeness (QED) is 0.622. The van der Waals surface area contributed by atoms with Crippen LogP contribution in [0, 0.1) is 17.2 Å². The molecule has 0 aliphatic carbocycles. The molecule has 1 heterocycles. The van der Waals surface area contributed by atoms with Gasteiger partial charge in [-0.15, -0.1) is 0 Å². The van der Waals surface area contributed by atoms with Crippen molar-refractivity contribution in [1.29, 1.82) is 5.26 Å². The lowest BCUT2D eigenvalue weighted by Gasteiger charge is -2.31. The first-order valence-corrected chi connectivity index (χ1v) is 4.65. The van der Waals surface area contributed by atoms with E-state index in [-0.39, 0.29) is 0 Å². The third-order valence-corrected chi connectivity index (χ3v) is 1.66. The first-order chi connectivity index (χ1) is 8.76. The Labute approximate surface area is 97.8 Å². The number of hydrogen-bond acceptors (Lipinski definition) is 3. The third-order valence-electron chi connectivity index (χ3n) is 1.66. The van der Waals surface area contributed by atoms with Crippen molar-refractivity contribution in [2.45, 2.75) is 39.1 Å². The van der Waals surface area contributed by atoms with E-state index in [1.807, 2.05) is 0 Å². The van der Waals surface area contributed by atoms with E-state index < -0.39 is 43.4 Å². The molecule has 0 N–H and O–H groups in total. The van der Waals surface area contributed by atoms with Crippen LogP contribution in [0.4, 0.5) is 4.79 Å². The summed E-state index contributed by atoms with van der Waals surface area (Å²) in [6.07, 6.45) is -5.86. The summed E-state index contributed by atoms with van der Waals surface area (Å²) in [5, 5.41) is 8.98. The predicted octanol–water partition coefficient (Wildman–Crippen LogP) is 2.16. The number of piperidine rings is 1. The zero-order valence-electron chi connectivity index (χ0n) is 14.1. The molecule has 0 spiro atoms.